The van der Waals surface area contributed by atoms with Crippen molar-refractivity contribution in [3.63, 3.8) is 0 Å². The van der Waals surface area contributed by atoms with Crippen LogP contribution in [0.25, 0.3) is 0 Å². The van der Waals surface area contributed by atoms with Crippen LogP contribution in [-0.4, -0.2) is 28.9 Å². The average molecular weight is 439 g/mol. The van der Waals surface area contributed by atoms with Gasteiger partial charge in [0.1, 0.15) is 16.6 Å². The van der Waals surface area contributed by atoms with Gasteiger partial charge in [0, 0.05) is 6.07 Å². The molecule has 0 saturated carbocycles. The molecule has 10 heteroatoms. The molecule has 3 rings (SSSR count). The number of aromatic nitrogens is 1. The first-order valence-corrected chi connectivity index (χ1v) is 11.1. The largest absolute Gasteiger partial charge is 0.494 e. The van der Waals surface area contributed by atoms with Crippen molar-refractivity contribution in [1.82, 2.24) is 4.98 Å². The van der Waals surface area contributed by atoms with Crippen molar-refractivity contribution >= 4 is 37.3 Å². The normalized spacial score (nSPS) is 11.8. The molecule has 0 saturated heterocycles. The van der Waals surface area contributed by atoms with Crippen LogP contribution in [-0.2, 0) is 20.0 Å². The summed E-state index contributed by atoms with van der Waals surface area (Å²) >= 11 is 5.85. The van der Waals surface area contributed by atoms with E-state index in [9.17, 15) is 16.8 Å². The van der Waals surface area contributed by atoms with Gasteiger partial charge in [-0.1, -0.05) is 48.0 Å². The van der Waals surface area contributed by atoms with Crippen LogP contribution in [0, 0.1) is 0 Å². The summed E-state index contributed by atoms with van der Waals surface area (Å²) in [5, 5.41) is 0.0229. The summed E-state index contributed by atoms with van der Waals surface area (Å²) in [7, 11) is -7.77. The van der Waals surface area contributed by atoms with Crippen LogP contribution in [0.15, 0.2) is 82.7 Å². The zero-order valence-corrected chi connectivity index (χ0v) is 16.9. The second-order valence-electron chi connectivity index (χ2n) is 5.51. The fourth-order valence-corrected chi connectivity index (χ4v) is 6.35. The fraction of sp³-hybridized carbons (Fsp3) is 0.0556. The Bertz CT molecular complexity index is 1120. The molecule has 1 heterocycles. The number of sulfonamides is 2. The molecule has 1 aromatic heterocycles. The maximum Gasteiger partial charge on any atom is 0.277 e. The Morgan fingerprint density at radius 3 is 1.75 bits per heavy atom. The summed E-state index contributed by atoms with van der Waals surface area (Å²) in [6, 6.07) is 15.7. The summed E-state index contributed by atoms with van der Waals surface area (Å²) in [6.45, 7) is 0. The number of ether oxygens (including phenoxy) is 1. The lowest BCUT2D eigenvalue weighted by Crippen LogP contribution is -2.37. The van der Waals surface area contributed by atoms with E-state index in [0.29, 0.717) is 3.71 Å². The summed E-state index contributed by atoms with van der Waals surface area (Å²) in [4.78, 5) is 3.43. The van der Waals surface area contributed by atoms with Crippen molar-refractivity contribution in [3.05, 3.63) is 78.1 Å². The first-order valence-electron chi connectivity index (χ1n) is 7.88. The van der Waals surface area contributed by atoms with E-state index < -0.39 is 20.0 Å². The molecule has 0 amide bonds. The molecule has 0 spiro atoms. The Balaban J connectivity index is 2.33. The minimum absolute atomic E-state index is 0.0229. The molecule has 2 aromatic carbocycles. The van der Waals surface area contributed by atoms with Crippen LogP contribution < -0.4 is 8.45 Å². The van der Waals surface area contributed by atoms with Gasteiger partial charge < -0.3 is 4.74 Å². The van der Waals surface area contributed by atoms with Gasteiger partial charge in [0.15, 0.2) is 0 Å². The Morgan fingerprint density at radius 1 is 0.857 bits per heavy atom. The second kappa shape index (κ2) is 7.78. The number of pyridine rings is 1. The third-order valence-electron chi connectivity index (χ3n) is 3.75. The number of anilines is 1. The SMILES string of the molecule is COc1cc(Cl)ncc1N(S(=O)(=O)c1ccccc1)S(=O)(=O)c1ccccc1. The van der Waals surface area contributed by atoms with E-state index in [1.165, 1.54) is 61.7 Å². The quantitative estimate of drug-likeness (QED) is 0.548. The van der Waals surface area contributed by atoms with Gasteiger partial charge in [-0.2, -0.15) is 3.71 Å². The molecule has 0 aliphatic rings. The molecule has 146 valence electrons. The van der Waals surface area contributed by atoms with E-state index in [2.05, 4.69) is 4.98 Å². The first-order chi connectivity index (χ1) is 13.3. The number of hydrogen-bond acceptors (Lipinski definition) is 6. The van der Waals surface area contributed by atoms with Crippen molar-refractivity contribution in [1.29, 1.82) is 0 Å². The van der Waals surface area contributed by atoms with Crippen LogP contribution in [0.3, 0.4) is 0 Å². The van der Waals surface area contributed by atoms with Crippen LogP contribution in [0.5, 0.6) is 5.75 Å². The third kappa shape index (κ3) is 3.68. The van der Waals surface area contributed by atoms with E-state index in [1.54, 1.807) is 12.1 Å². The maximum atomic E-state index is 13.3. The first kappa shape index (κ1) is 20.1. The minimum Gasteiger partial charge on any atom is -0.494 e. The van der Waals surface area contributed by atoms with Gasteiger partial charge in [-0.05, 0) is 24.3 Å². The highest BCUT2D eigenvalue weighted by Gasteiger charge is 2.39. The van der Waals surface area contributed by atoms with Gasteiger partial charge in [0.05, 0.1) is 23.1 Å². The molecule has 0 radical (unpaired) electrons. The lowest BCUT2D eigenvalue weighted by Gasteiger charge is -2.25. The standard InChI is InChI=1S/C18H15ClN2O5S2/c1-26-17-12-18(19)20-13-16(17)21(27(22,23)14-8-4-2-5-9-14)28(24,25)15-10-6-3-7-11-15/h2-13H,1H3. The zero-order chi connectivity index (χ0) is 20.4. The summed E-state index contributed by atoms with van der Waals surface area (Å²) in [5.41, 5.74) is -0.278. The van der Waals surface area contributed by atoms with Crippen LogP contribution in [0.1, 0.15) is 0 Å². The number of hydrogen-bond donors (Lipinski definition) is 0. The zero-order valence-electron chi connectivity index (χ0n) is 14.6. The number of nitrogens with zero attached hydrogens (tertiary/aromatic N) is 2. The van der Waals surface area contributed by atoms with E-state index >= 15 is 0 Å². The summed E-state index contributed by atoms with van der Waals surface area (Å²) < 4.78 is 58.8. The van der Waals surface area contributed by atoms with E-state index in [-0.39, 0.29) is 26.4 Å². The lowest BCUT2D eigenvalue weighted by molar-refractivity contribution is 0.415. The van der Waals surface area contributed by atoms with Crippen molar-refractivity contribution < 1.29 is 21.6 Å². The van der Waals surface area contributed by atoms with Crippen molar-refractivity contribution in [2.24, 2.45) is 0 Å². The number of benzene rings is 2. The van der Waals surface area contributed by atoms with Gasteiger partial charge in [-0.25, -0.2) is 21.8 Å². The van der Waals surface area contributed by atoms with Gasteiger partial charge in [-0.3, -0.25) is 0 Å². The molecule has 0 atom stereocenters. The van der Waals surface area contributed by atoms with E-state index in [0.717, 1.165) is 6.20 Å². The summed E-state index contributed by atoms with van der Waals surface area (Å²) in [6.07, 6.45) is 1.04. The number of rotatable bonds is 6. The van der Waals surface area contributed by atoms with Crippen molar-refractivity contribution in [2.75, 3.05) is 10.8 Å². The van der Waals surface area contributed by atoms with Crippen LogP contribution in [0.4, 0.5) is 5.69 Å². The molecule has 0 bridgehead atoms. The molecule has 7 nitrogen and oxygen atoms in total. The molecule has 3 aromatic rings. The number of methoxy groups -OCH3 is 1. The van der Waals surface area contributed by atoms with E-state index in [4.69, 9.17) is 16.3 Å². The van der Waals surface area contributed by atoms with Crippen LogP contribution >= 0.6 is 11.6 Å². The second-order valence-corrected chi connectivity index (χ2v) is 9.70. The Morgan fingerprint density at radius 2 is 1.32 bits per heavy atom. The molecule has 0 unspecified atom stereocenters. The van der Waals surface area contributed by atoms with Crippen molar-refractivity contribution in [2.45, 2.75) is 9.79 Å². The van der Waals surface area contributed by atoms with Gasteiger partial charge >= 0.3 is 0 Å². The smallest absolute Gasteiger partial charge is 0.277 e. The highest BCUT2D eigenvalue weighted by molar-refractivity contribution is 8.10. The monoisotopic (exact) mass is 438 g/mol. The predicted molar refractivity (Wildman–Crippen MR) is 106 cm³/mol. The average Bonchev–Trinajstić information content (AvgIpc) is 2.70. The number of halogens is 1. The molecule has 28 heavy (non-hydrogen) atoms. The Kier molecular flexibility index (Phi) is 5.59. The molecule has 0 fully saturated rings. The maximum absolute atomic E-state index is 13.3. The molecule has 0 N–H and O–H groups in total. The van der Waals surface area contributed by atoms with Crippen LogP contribution in [0.2, 0.25) is 5.15 Å². The third-order valence-corrected chi connectivity index (χ3v) is 8.13. The molecular weight excluding hydrogens is 424 g/mol. The van der Waals surface area contributed by atoms with E-state index in [1.807, 2.05) is 0 Å². The molecular formula is C18H15ClN2O5S2. The van der Waals surface area contributed by atoms with Gasteiger partial charge in [-0.15, -0.1) is 0 Å². The lowest BCUT2D eigenvalue weighted by atomic mass is 10.4. The predicted octanol–water partition coefficient (Wildman–Crippen LogP) is 3.33. The summed E-state index contributed by atoms with van der Waals surface area (Å²) in [5.74, 6) is -0.0565. The minimum atomic E-state index is -4.52. The van der Waals surface area contributed by atoms with Gasteiger partial charge in [0.2, 0.25) is 0 Å². The fourth-order valence-electron chi connectivity index (χ4n) is 2.47. The Labute approximate surface area is 168 Å². The Hall–Kier alpha value is -2.62. The highest BCUT2D eigenvalue weighted by Crippen LogP contribution is 2.37. The molecule has 0 aliphatic carbocycles. The topological polar surface area (TPSA) is 93.6 Å². The van der Waals surface area contributed by atoms with Crippen molar-refractivity contribution in [3.8, 4) is 5.75 Å². The molecule has 0 aliphatic heterocycles. The van der Waals surface area contributed by atoms with Gasteiger partial charge in [0.25, 0.3) is 20.0 Å². The highest BCUT2D eigenvalue weighted by atomic mass is 35.5.